The highest BCUT2D eigenvalue weighted by atomic mass is 32.2. The number of pyridine rings is 1. The van der Waals surface area contributed by atoms with Gasteiger partial charge in [-0.15, -0.1) is 11.8 Å². The average Bonchev–Trinajstić information content (AvgIpc) is 2.72. The molecule has 0 spiro atoms. The molecule has 4 nitrogen and oxygen atoms in total. The van der Waals surface area contributed by atoms with Crippen molar-refractivity contribution in [2.45, 2.75) is 25.3 Å². The van der Waals surface area contributed by atoms with Gasteiger partial charge in [0.2, 0.25) is 5.91 Å². The third kappa shape index (κ3) is 4.79. The number of aryl methyl sites for hydroxylation is 1. The monoisotopic (exact) mass is 387 g/mol. The minimum absolute atomic E-state index is 0.0427. The van der Waals surface area contributed by atoms with E-state index in [2.05, 4.69) is 16.4 Å². The van der Waals surface area contributed by atoms with Crippen LogP contribution >= 0.6 is 11.8 Å². The number of thioether (sulfide) groups is 1. The fourth-order valence-electron chi connectivity index (χ4n) is 2.74. The Labute approximate surface area is 169 Å². The molecule has 1 heterocycles. The Hall–Kier alpha value is -3.10. The molecule has 0 radical (unpaired) electrons. The Morgan fingerprint density at radius 1 is 1.07 bits per heavy atom. The van der Waals surface area contributed by atoms with Gasteiger partial charge in [-0.25, -0.2) is 4.98 Å². The molecule has 0 aliphatic rings. The number of aromatic nitrogens is 1. The lowest BCUT2D eigenvalue weighted by atomic mass is 10.1. The smallest absolute Gasteiger partial charge is 0.225 e. The van der Waals surface area contributed by atoms with Gasteiger partial charge in [0.05, 0.1) is 11.3 Å². The van der Waals surface area contributed by atoms with Gasteiger partial charge in [-0.2, -0.15) is 5.26 Å². The number of carbonyl (C=O) groups is 1. The Bertz CT molecular complexity index is 1030. The highest BCUT2D eigenvalue weighted by Gasteiger charge is 2.10. The average molecular weight is 388 g/mol. The molecule has 28 heavy (non-hydrogen) atoms. The lowest BCUT2D eigenvalue weighted by Gasteiger charge is -2.10. The third-order valence-corrected chi connectivity index (χ3v) is 5.49. The lowest BCUT2D eigenvalue weighted by molar-refractivity contribution is -0.115. The SMILES string of the molecule is Cc1cccc(NC(=O)CCSc2nc(-c3ccccc3)ccc2C#N)c1C. The van der Waals surface area contributed by atoms with E-state index in [1.165, 1.54) is 11.8 Å². The molecule has 3 aromatic rings. The highest BCUT2D eigenvalue weighted by molar-refractivity contribution is 7.99. The minimum Gasteiger partial charge on any atom is -0.326 e. The van der Waals surface area contributed by atoms with Crippen LogP contribution in [-0.4, -0.2) is 16.6 Å². The zero-order chi connectivity index (χ0) is 19.9. The number of nitrogens with zero attached hydrogens (tertiary/aromatic N) is 2. The van der Waals surface area contributed by atoms with E-state index in [-0.39, 0.29) is 5.91 Å². The second-order valence-electron chi connectivity index (χ2n) is 6.42. The number of amides is 1. The number of nitrogens with one attached hydrogen (secondary N) is 1. The predicted molar refractivity (Wildman–Crippen MR) is 114 cm³/mol. The number of nitriles is 1. The topological polar surface area (TPSA) is 65.8 Å². The number of hydrogen-bond donors (Lipinski definition) is 1. The van der Waals surface area contributed by atoms with Crippen molar-refractivity contribution in [3.8, 4) is 17.3 Å². The summed E-state index contributed by atoms with van der Waals surface area (Å²) in [5, 5.41) is 13.0. The van der Waals surface area contributed by atoms with E-state index in [0.29, 0.717) is 22.8 Å². The summed E-state index contributed by atoms with van der Waals surface area (Å²) in [6.07, 6.45) is 0.347. The van der Waals surface area contributed by atoms with Crippen LogP contribution in [-0.2, 0) is 4.79 Å². The zero-order valence-corrected chi connectivity index (χ0v) is 16.7. The van der Waals surface area contributed by atoms with Gasteiger partial charge >= 0.3 is 0 Å². The van der Waals surface area contributed by atoms with Crippen LogP contribution in [0.5, 0.6) is 0 Å². The molecule has 5 heteroatoms. The summed E-state index contributed by atoms with van der Waals surface area (Å²) in [5.41, 5.74) is 5.42. The zero-order valence-electron chi connectivity index (χ0n) is 15.9. The van der Waals surface area contributed by atoms with Crippen molar-refractivity contribution in [1.29, 1.82) is 5.26 Å². The van der Waals surface area contributed by atoms with E-state index in [1.54, 1.807) is 6.07 Å². The van der Waals surface area contributed by atoms with Gasteiger partial charge in [0.15, 0.2) is 0 Å². The molecule has 0 aliphatic carbocycles. The van der Waals surface area contributed by atoms with Crippen LogP contribution in [0.15, 0.2) is 65.7 Å². The maximum atomic E-state index is 12.3. The van der Waals surface area contributed by atoms with Gasteiger partial charge in [-0.1, -0.05) is 42.5 Å². The molecule has 0 fully saturated rings. The summed E-state index contributed by atoms with van der Waals surface area (Å²) in [5.74, 6) is 0.510. The van der Waals surface area contributed by atoms with E-state index in [0.717, 1.165) is 28.1 Å². The van der Waals surface area contributed by atoms with Gasteiger partial charge in [-0.05, 0) is 43.2 Å². The number of benzene rings is 2. The van der Waals surface area contributed by atoms with Gasteiger partial charge in [0.1, 0.15) is 11.1 Å². The standard InChI is InChI=1S/C23H21N3OS/c1-16-7-6-10-20(17(16)2)25-22(27)13-14-28-23-19(15-24)11-12-21(26-23)18-8-4-3-5-9-18/h3-12H,13-14H2,1-2H3,(H,25,27). The molecule has 0 saturated carbocycles. The van der Waals surface area contributed by atoms with Crippen molar-refractivity contribution in [2.24, 2.45) is 0 Å². The van der Waals surface area contributed by atoms with Gasteiger partial charge in [0.25, 0.3) is 0 Å². The molecule has 1 amide bonds. The molecule has 0 saturated heterocycles. The Morgan fingerprint density at radius 2 is 1.86 bits per heavy atom. The molecule has 0 bridgehead atoms. The molecule has 3 rings (SSSR count). The molecule has 1 aromatic heterocycles. The summed E-state index contributed by atoms with van der Waals surface area (Å²) < 4.78 is 0. The van der Waals surface area contributed by atoms with Crippen molar-refractivity contribution in [3.05, 3.63) is 77.4 Å². The van der Waals surface area contributed by atoms with Crippen LogP contribution < -0.4 is 5.32 Å². The van der Waals surface area contributed by atoms with E-state index < -0.39 is 0 Å². The summed E-state index contributed by atoms with van der Waals surface area (Å²) in [6.45, 7) is 4.02. The number of anilines is 1. The molecule has 0 unspecified atom stereocenters. The van der Waals surface area contributed by atoms with Crippen molar-refractivity contribution in [2.75, 3.05) is 11.1 Å². The first-order valence-corrected chi connectivity index (χ1v) is 10.0. The van der Waals surface area contributed by atoms with E-state index in [9.17, 15) is 10.1 Å². The Balaban J connectivity index is 1.64. The summed E-state index contributed by atoms with van der Waals surface area (Å²) >= 11 is 1.43. The first-order valence-electron chi connectivity index (χ1n) is 9.04. The van der Waals surface area contributed by atoms with Crippen LogP contribution in [0.3, 0.4) is 0 Å². The fraction of sp³-hybridized carbons (Fsp3) is 0.174. The lowest BCUT2D eigenvalue weighted by Crippen LogP contribution is -2.13. The molecule has 1 N–H and O–H groups in total. The molecular formula is C23H21N3OS. The molecule has 2 aromatic carbocycles. The van der Waals surface area contributed by atoms with E-state index in [4.69, 9.17) is 0 Å². The maximum Gasteiger partial charge on any atom is 0.225 e. The van der Waals surface area contributed by atoms with Crippen LogP contribution in [0.2, 0.25) is 0 Å². The molecular weight excluding hydrogens is 366 g/mol. The van der Waals surface area contributed by atoms with Crippen LogP contribution in [0.4, 0.5) is 5.69 Å². The van der Waals surface area contributed by atoms with Crippen molar-refractivity contribution < 1.29 is 4.79 Å². The van der Waals surface area contributed by atoms with Gasteiger partial charge in [-0.3, -0.25) is 4.79 Å². The van der Waals surface area contributed by atoms with Gasteiger partial charge in [0, 0.05) is 23.4 Å². The highest BCUT2D eigenvalue weighted by Crippen LogP contribution is 2.26. The van der Waals surface area contributed by atoms with Crippen LogP contribution in [0.25, 0.3) is 11.3 Å². The largest absolute Gasteiger partial charge is 0.326 e. The number of hydrogen-bond acceptors (Lipinski definition) is 4. The normalized spacial score (nSPS) is 10.3. The third-order valence-electron chi connectivity index (χ3n) is 4.50. The second-order valence-corrected chi connectivity index (χ2v) is 7.50. The molecule has 0 aliphatic heterocycles. The van der Waals surface area contributed by atoms with Crippen LogP contribution in [0.1, 0.15) is 23.1 Å². The predicted octanol–water partition coefficient (Wildman–Crippen LogP) is 5.36. The second kappa shape index (κ2) is 9.20. The van der Waals surface area contributed by atoms with Gasteiger partial charge < -0.3 is 5.32 Å². The first-order chi connectivity index (χ1) is 13.6. The van der Waals surface area contributed by atoms with E-state index in [1.807, 2.05) is 68.4 Å². The Morgan fingerprint density at radius 3 is 2.61 bits per heavy atom. The first kappa shape index (κ1) is 19.7. The van der Waals surface area contributed by atoms with Crippen molar-refractivity contribution in [3.63, 3.8) is 0 Å². The fourth-order valence-corrected chi connectivity index (χ4v) is 3.66. The number of rotatable bonds is 6. The molecule has 140 valence electrons. The summed E-state index contributed by atoms with van der Waals surface area (Å²) in [7, 11) is 0. The Kier molecular flexibility index (Phi) is 6.46. The van der Waals surface area contributed by atoms with Crippen molar-refractivity contribution >= 4 is 23.4 Å². The maximum absolute atomic E-state index is 12.3. The number of carbonyl (C=O) groups excluding carboxylic acids is 1. The summed E-state index contributed by atoms with van der Waals surface area (Å²) in [6, 6.07) is 21.5. The van der Waals surface area contributed by atoms with E-state index >= 15 is 0 Å². The summed E-state index contributed by atoms with van der Waals surface area (Å²) in [4.78, 5) is 16.9. The van der Waals surface area contributed by atoms with Crippen LogP contribution in [0, 0.1) is 25.2 Å². The quantitative estimate of drug-likeness (QED) is 0.578. The molecule has 0 atom stereocenters. The van der Waals surface area contributed by atoms with Crippen molar-refractivity contribution in [1.82, 2.24) is 4.98 Å². The minimum atomic E-state index is -0.0427.